The van der Waals surface area contributed by atoms with Crippen molar-refractivity contribution in [2.45, 2.75) is 50.7 Å². The summed E-state index contributed by atoms with van der Waals surface area (Å²) in [5, 5.41) is 4.61. The standard InChI is InChI=1S/C18H26N2O/c1-13(18-12-14-6-4-5-7-17(14)21-18)20(3)16-10-8-15(19-2)9-11-16/h4-7,12-13,15-16,19H,8-11H2,1-3H3. The van der Waals surface area contributed by atoms with Crippen LogP contribution in [0.1, 0.15) is 44.4 Å². The van der Waals surface area contributed by atoms with E-state index in [-0.39, 0.29) is 0 Å². The maximum atomic E-state index is 6.03. The Labute approximate surface area is 127 Å². The monoisotopic (exact) mass is 286 g/mol. The summed E-state index contributed by atoms with van der Waals surface area (Å²) < 4.78 is 6.03. The van der Waals surface area contributed by atoms with Crippen LogP contribution in [-0.4, -0.2) is 31.1 Å². The van der Waals surface area contributed by atoms with Crippen molar-refractivity contribution in [3.8, 4) is 0 Å². The molecule has 114 valence electrons. The first kappa shape index (κ1) is 14.6. The fourth-order valence-corrected chi connectivity index (χ4v) is 3.50. The summed E-state index contributed by atoms with van der Waals surface area (Å²) in [6.07, 6.45) is 5.09. The van der Waals surface area contributed by atoms with E-state index < -0.39 is 0 Å². The van der Waals surface area contributed by atoms with Gasteiger partial charge in [-0.05, 0) is 58.8 Å². The van der Waals surface area contributed by atoms with Gasteiger partial charge in [0.05, 0.1) is 6.04 Å². The van der Waals surface area contributed by atoms with Crippen LogP contribution in [0.2, 0.25) is 0 Å². The lowest BCUT2D eigenvalue weighted by atomic mass is 9.90. The molecule has 0 spiro atoms. The minimum absolute atomic E-state index is 0.327. The van der Waals surface area contributed by atoms with Crippen LogP contribution < -0.4 is 5.32 Å². The van der Waals surface area contributed by atoms with Gasteiger partial charge in [0.2, 0.25) is 0 Å². The Kier molecular flexibility index (Phi) is 4.32. The van der Waals surface area contributed by atoms with Gasteiger partial charge in [0, 0.05) is 17.5 Å². The number of hydrogen-bond donors (Lipinski definition) is 1. The summed E-state index contributed by atoms with van der Waals surface area (Å²) >= 11 is 0. The summed E-state index contributed by atoms with van der Waals surface area (Å²) in [4.78, 5) is 2.49. The molecule has 1 aromatic carbocycles. The molecule has 0 aliphatic heterocycles. The third-order valence-corrected chi connectivity index (χ3v) is 5.15. The smallest absolute Gasteiger partial charge is 0.134 e. The van der Waals surface area contributed by atoms with E-state index in [4.69, 9.17) is 4.42 Å². The summed E-state index contributed by atoms with van der Waals surface area (Å²) in [5.41, 5.74) is 0.992. The Morgan fingerprint density at radius 2 is 1.90 bits per heavy atom. The molecule has 3 nitrogen and oxygen atoms in total. The van der Waals surface area contributed by atoms with Crippen molar-refractivity contribution in [3.63, 3.8) is 0 Å². The SMILES string of the molecule is CNC1CCC(N(C)C(C)c2cc3ccccc3o2)CC1. The molecule has 21 heavy (non-hydrogen) atoms. The van der Waals surface area contributed by atoms with E-state index in [0.29, 0.717) is 18.1 Å². The Hall–Kier alpha value is -1.32. The molecule has 3 rings (SSSR count). The number of rotatable bonds is 4. The van der Waals surface area contributed by atoms with Crippen molar-refractivity contribution < 1.29 is 4.42 Å². The second-order valence-corrected chi connectivity index (χ2v) is 6.32. The number of nitrogens with one attached hydrogen (secondary N) is 1. The molecule has 0 bridgehead atoms. The van der Waals surface area contributed by atoms with Gasteiger partial charge in [0.25, 0.3) is 0 Å². The van der Waals surface area contributed by atoms with Crippen LogP contribution >= 0.6 is 0 Å². The van der Waals surface area contributed by atoms with Crippen LogP contribution in [0.15, 0.2) is 34.7 Å². The lowest BCUT2D eigenvalue weighted by Gasteiger charge is -2.37. The first-order valence-corrected chi connectivity index (χ1v) is 8.06. The third-order valence-electron chi connectivity index (χ3n) is 5.15. The first-order chi connectivity index (χ1) is 10.2. The van der Waals surface area contributed by atoms with E-state index in [9.17, 15) is 0 Å². The molecule has 1 aromatic heterocycles. The van der Waals surface area contributed by atoms with Crippen LogP contribution in [0.3, 0.4) is 0 Å². The van der Waals surface area contributed by atoms with E-state index >= 15 is 0 Å². The first-order valence-electron chi connectivity index (χ1n) is 8.06. The minimum Gasteiger partial charge on any atom is -0.459 e. The van der Waals surface area contributed by atoms with Gasteiger partial charge in [-0.25, -0.2) is 0 Å². The maximum Gasteiger partial charge on any atom is 0.134 e. The van der Waals surface area contributed by atoms with E-state index in [1.54, 1.807) is 0 Å². The van der Waals surface area contributed by atoms with Gasteiger partial charge in [0.15, 0.2) is 0 Å². The van der Waals surface area contributed by atoms with Gasteiger partial charge < -0.3 is 9.73 Å². The van der Waals surface area contributed by atoms with Gasteiger partial charge in [0.1, 0.15) is 11.3 Å². The van der Waals surface area contributed by atoms with Crippen molar-refractivity contribution >= 4 is 11.0 Å². The number of para-hydroxylation sites is 1. The average Bonchev–Trinajstić information content (AvgIpc) is 2.97. The quantitative estimate of drug-likeness (QED) is 0.922. The predicted octanol–water partition coefficient (Wildman–Crippen LogP) is 3.96. The number of hydrogen-bond acceptors (Lipinski definition) is 3. The highest BCUT2D eigenvalue weighted by atomic mass is 16.3. The molecule has 1 aliphatic rings. The lowest BCUT2D eigenvalue weighted by molar-refractivity contribution is 0.125. The van der Waals surface area contributed by atoms with Crippen LogP contribution in [0.5, 0.6) is 0 Å². The fourth-order valence-electron chi connectivity index (χ4n) is 3.50. The molecule has 1 heterocycles. The van der Waals surface area contributed by atoms with E-state index in [2.05, 4.69) is 49.4 Å². The van der Waals surface area contributed by atoms with Crippen LogP contribution in [-0.2, 0) is 0 Å². The lowest BCUT2D eigenvalue weighted by Crippen LogP contribution is -2.40. The molecular formula is C18H26N2O. The third kappa shape index (κ3) is 2.99. The minimum atomic E-state index is 0.327. The van der Waals surface area contributed by atoms with E-state index in [1.165, 1.54) is 31.1 Å². The average molecular weight is 286 g/mol. The number of benzene rings is 1. The molecule has 1 unspecified atom stereocenters. The molecule has 1 N–H and O–H groups in total. The zero-order valence-electron chi connectivity index (χ0n) is 13.3. The van der Waals surface area contributed by atoms with Crippen LogP contribution in [0, 0.1) is 0 Å². The molecule has 0 radical (unpaired) electrons. The van der Waals surface area contributed by atoms with Crippen molar-refractivity contribution in [3.05, 3.63) is 36.1 Å². The number of fused-ring (bicyclic) bond motifs is 1. The highest BCUT2D eigenvalue weighted by Crippen LogP contribution is 2.31. The van der Waals surface area contributed by atoms with Crippen LogP contribution in [0.25, 0.3) is 11.0 Å². The van der Waals surface area contributed by atoms with Crippen LogP contribution in [0.4, 0.5) is 0 Å². The van der Waals surface area contributed by atoms with Crippen molar-refractivity contribution in [1.29, 1.82) is 0 Å². The highest BCUT2D eigenvalue weighted by Gasteiger charge is 2.27. The summed E-state index contributed by atoms with van der Waals surface area (Å²) in [7, 11) is 4.31. The van der Waals surface area contributed by atoms with E-state index in [0.717, 1.165) is 11.3 Å². The highest BCUT2D eigenvalue weighted by molar-refractivity contribution is 5.77. The molecule has 1 fully saturated rings. The van der Waals surface area contributed by atoms with Gasteiger partial charge in [-0.15, -0.1) is 0 Å². The molecule has 2 aromatic rings. The maximum absolute atomic E-state index is 6.03. The summed E-state index contributed by atoms with van der Waals surface area (Å²) in [6.45, 7) is 2.25. The topological polar surface area (TPSA) is 28.4 Å². The van der Waals surface area contributed by atoms with E-state index in [1.807, 2.05) is 12.1 Å². The molecule has 3 heteroatoms. The van der Waals surface area contributed by atoms with Gasteiger partial charge in [-0.2, -0.15) is 0 Å². The van der Waals surface area contributed by atoms with Gasteiger partial charge in [-0.3, -0.25) is 4.90 Å². The predicted molar refractivity (Wildman–Crippen MR) is 87.5 cm³/mol. The Morgan fingerprint density at radius 1 is 1.19 bits per heavy atom. The second kappa shape index (κ2) is 6.20. The zero-order valence-corrected chi connectivity index (χ0v) is 13.3. The summed E-state index contributed by atoms with van der Waals surface area (Å²) in [6, 6.07) is 12.1. The number of nitrogens with zero attached hydrogens (tertiary/aromatic N) is 1. The van der Waals surface area contributed by atoms with Gasteiger partial charge in [-0.1, -0.05) is 18.2 Å². The van der Waals surface area contributed by atoms with Crippen molar-refractivity contribution in [2.24, 2.45) is 0 Å². The molecular weight excluding hydrogens is 260 g/mol. The normalized spacial score (nSPS) is 24.6. The molecule has 1 atom stereocenters. The Bertz CT molecular complexity index is 551. The summed E-state index contributed by atoms with van der Waals surface area (Å²) in [5.74, 6) is 1.08. The fraction of sp³-hybridized carbons (Fsp3) is 0.556. The molecule has 0 amide bonds. The van der Waals surface area contributed by atoms with Crippen molar-refractivity contribution in [2.75, 3.05) is 14.1 Å². The molecule has 1 aliphatic carbocycles. The Morgan fingerprint density at radius 3 is 2.57 bits per heavy atom. The van der Waals surface area contributed by atoms with Crippen molar-refractivity contribution in [1.82, 2.24) is 10.2 Å². The molecule has 1 saturated carbocycles. The largest absolute Gasteiger partial charge is 0.459 e. The second-order valence-electron chi connectivity index (χ2n) is 6.32. The molecule has 0 saturated heterocycles. The number of furan rings is 1. The zero-order chi connectivity index (χ0) is 14.8. The Balaban J connectivity index is 1.70. The van der Waals surface area contributed by atoms with Gasteiger partial charge >= 0.3 is 0 Å².